The van der Waals surface area contributed by atoms with Gasteiger partial charge in [-0.15, -0.1) is 0 Å². The molecule has 4 heteroatoms. The Labute approximate surface area is 101 Å². The van der Waals surface area contributed by atoms with Gasteiger partial charge in [-0.25, -0.2) is 0 Å². The van der Waals surface area contributed by atoms with E-state index in [0.717, 1.165) is 0 Å². The standard InChI is InChI=1S/C13H16O4/c1-13(2,3)12(15)17-11-9(8-14)6-5-7-10(11)16-4/h5-8H,1-4H3. The van der Waals surface area contributed by atoms with Gasteiger partial charge in [0.05, 0.1) is 18.1 Å². The second kappa shape index (κ2) is 4.99. The van der Waals surface area contributed by atoms with E-state index in [1.165, 1.54) is 7.11 Å². The highest BCUT2D eigenvalue weighted by molar-refractivity contribution is 5.85. The van der Waals surface area contributed by atoms with Gasteiger partial charge in [-0.1, -0.05) is 6.07 Å². The number of hydrogen-bond donors (Lipinski definition) is 0. The lowest BCUT2D eigenvalue weighted by Gasteiger charge is -2.18. The Morgan fingerprint density at radius 3 is 2.41 bits per heavy atom. The van der Waals surface area contributed by atoms with Crippen LogP contribution in [0.5, 0.6) is 11.5 Å². The molecule has 0 N–H and O–H groups in total. The summed E-state index contributed by atoms with van der Waals surface area (Å²) < 4.78 is 10.3. The molecule has 92 valence electrons. The summed E-state index contributed by atoms with van der Waals surface area (Å²) in [5.41, 5.74) is -0.344. The van der Waals surface area contributed by atoms with Crippen LogP contribution in [0.3, 0.4) is 0 Å². The average Bonchev–Trinajstić information content (AvgIpc) is 2.28. The number of methoxy groups -OCH3 is 1. The molecule has 1 rings (SSSR count). The summed E-state index contributed by atoms with van der Waals surface area (Å²) in [6.07, 6.45) is 0.633. The number of hydrogen-bond acceptors (Lipinski definition) is 4. The molecule has 0 fully saturated rings. The smallest absolute Gasteiger partial charge is 0.316 e. The summed E-state index contributed by atoms with van der Waals surface area (Å²) in [7, 11) is 1.46. The lowest BCUT2D eigenvalue weighted by atomic mass is 9.97. The van der Waals surface area contributed by atoms with Crippen molar-refractivity contribution in [2.75, 3.05) is 7.11 Å². The molecule has 17 heavy (non-hydrogen) atoms. The Hall–Kier alpha value is -1.84. The van der Waals surface area contributed by atoms with Crippen LogP contribution in [0.25, 0.3) is 0 Å². The molecule has 0 heterocycles. The minimum Gasteiger partial charge on any atom is -0.493 e. The maximum absolute atomic E-state index is 11.8. The number of esters is 1. The molecule has 0 aliphatic carbocycles. The Morgan fingerprint density at radius 1 is 1.29 bits per heavy atom. The first-order valence-corrected chi connectivity index (χ1v) is 5.24. The van der Waals surface area contributed by atoms with Gasteiger partial charge in [-0.3, -0.25) is 9.59 Å². The van der Waals surface area contributed by atoms with Crippen LogP contribution in [0.4, 0.5) is 0 Å². The fourth-order valence-corrected chi connectivity index (χ4v) is 1.14. The van der Waals surface area contributed by atoms with Crippen molar-refractivity contribution in [3.05, 3.63) is 23.8 Å². The topological polar surface area (TPSA) is 52.6 Å². The molecular weight excluding hydrogens is 220 g/mol. The van der Waals surface area contributed by atoms with Gasteiger partial charge >= 0.3 is 5.97 Å². The van der Waals surface area contributed by atoms with E-state index in [2.05, 4.69) is 0 Å². The van der Waals surface area contributed by atoms with Crippen LogP contribution >= 0.6 is 0 Å². The van der Waals surface area contributed by atoms with Crippen molar-refractivity contribution < 1.29 is 19.1 Å². The molecule has 0 saturated heterocycles. The van der Waals surface area contributed by atoms with Gasteiger partial charge in [0.2, 0.25) is 0 Å². The molecular formula is C13H16O4. The fourth-order valence-electron chi connectivity index (χ4n) is 1.14. The third-order valence-electron chi connectivity index (χ3n) is 2.16. The summed E-state index contributed by atoms with van der Waals surface area (Å²) in [4.78, 5) is 22.7. The first kappa shape index (κ1) is 13.2. The fraction of sp³-hybridized carbons (Fsp3) is 0.385. The third kappa shape index (κ3) is 3.06. The van der Waals surface area contributed by atoms with Crippen molar-refractivity contribution in [3.63, 3.8) is 0 Å². The van der Waals surface area contributed by atoms with E-state index in [1.807, 2.05) is 0 Å². The maximum atomic E-state index is 11.8. The molecule has 0 aromatic heterocycles. The zero-order valence-electron chi connectivity index (χ0n) is 10.4. The SMILES string of the molecule is COc1cccc(C=O)c1OC(=O)C(C)(C)C. The minimum absolute atomic E-state index is 0.171. The summed E-state index contributed by atoms with van der Waals surface area (Å²) >= 11 is 0. The molecule has 0 saturated carbocycles. The van der Waals surface area contributed by atoms with Crippen LogP contribution in [0.2, 0.25) is 0 Å². The molecule has 0 aliphatic heterocycles. The van der Waals surface area contributed by atoms with Gasteiger partial charge in [-0.2, -0.15) is 0 Å². The quantitative estimate of drug-likeness (QED) is 0.459. The van der Waals surface area contributed by atoms with Crippen LogP contribution in [-0.4, -0.2) is 19.4 Å². The zero-order valence-corrected chi connectivity index (χ0v) is 10.4. The normalized spacial score (nSPS) is 10.8. The number of aldehydes is 1. The van der Waals surface area contributed by atoms with Gasteiger partial charge < -0.3 is 9.47 Å². The number of para-hydroxylation sites is 1. The molecule has 1 aromatic rings. The number of benzene rings is 1. The van der Waals surface area contributed by atoms with Crippen molar-refractivity contribution in [1.29, 1.82) is 0 Å². The summed E-state index contributed by atoms with van der Waals surface area (Å²) in [6, 6.07) is 4.87. The molecule has 0 amide bonds. The molecule has 0 radical (unpaired) electrons. The summed E-state index contributed by atoms with van der Waals surface area (Å²) in [6.45, 7) is 5.22. The van der Waals surface area contributed by atoms with E-state index in [9.17, 15) is 9.59 Å². The molecule has 4 nitrogen and oxygen atoms in total. The van der Waals surface area contributed by atoms with Crippen molar-refractivity contribution in [1.82, 2.24) is 0 Å². The first-order chi connectivity index (χ1) is 7.90. The third-order valence-corrected chi connectivity index (χ3v) is 2.16. The van der Waals surface area contributed by atoms with E-state index in [4.69, 9.17) is 9.47 Å². The molecule has 0 spiro atoms. The van der Waals surface area contributed by atoms with Gasteiger partial charge in [0, 0.05) is 0 Å². The number of carbonyl (C=O) groups is 2. The Bertz CT molecular complexity index is 430. The van der Waals surface area contributed by atoms with Crippen LogP contribution in [0, 0.1) is 5.41 Å². The lowest BCUT2D eigenvalue weighted by Crippen LogP contribution is -2.26. The Balaban J connectivity index is 3.12. The van der Waals surface area contributed by atoms with Crippen molar-refractivity contribution in [2.45, 2.75) is 20.8 Å². The largest absolute Gasteiger partial charge is 0.493 e. The predicted molar refractivity (Wildman–Crippen MR) is 63.5 cm³/mol. The summed E-state index contributed by atoms with van der Waals surface area (Å²) in [5, 5.41) is 0. The molecule has 0 aliphatic rings. The molecule has 0 atom stereocenters. The highest BCUT2D eigenvalue weighted by atomic mass is 16.6. The predicted octanol–water partition coefficient (Wildman–Crippen LogP) is 2.46. The molecule has 0 bridgehead atoms. The van der Waals surface area contributed by atoms with Crippen LogP contribution in [0.1, 0.15) is 31.1 Å². The average molecular weight is 236 g/mol. The van der Waals surface area contributed by atoms with E-state index in [-0.39, 0.29) is 5.75 Å². The van der Waals surface area contributed by atoms with Gasteiger partial charge in [0.1, 0.15) is 0 Å². The van der Waals surface area contributed by atoms with Crippen LogP contribution in [-0.2, 0) is 4.79 Å². The van der Waals surface area contributed by atoms with Crippen LogP contribution < -0.4 is 9.47 Å². The number of ether oxygens (including phenoxy) is 2. The monoisotopic (exact) mass is 236 g/mol. The lowest BCUT2D eigenvalue weighted by molar-refractivity contribution is -0.143. The first-order valence-electron chi connectivity index (χ1n) is 5.24. The zero-order chi connectivity index (χ0) is 13.1. The molecule has 1 aromatic carbocycles. The van der Waals surface area contributed by atoms with Gasteiger partial charge in [0.15, 0.2) is 17.8 Å². The van der Waals surface area contributed by atoms with Crippen LogP contribution in [0.15, 0.2) is 18.2 Å². The Kier molecular flexibility index (Phi) is 3.89. The highest BCUT2D eigenvalue weighted by Gasteiger charge is 2.26. The summed E-state index contributed by atoms with van der Waals surface area (Å²) in [5.74, 6) is 0.127. The van der Waals surface area contributed by atoms with E-state index in [1.54, 1.807) is 39.0 Å². The van der Waals surface area contributed by atoms with Gasteiger partial charge in [0.25, 0.3) is 0 Å². The van der Waals surface area contributed by atoms with E-state index in [0.29, 0.717) is 17.6 Å². The van der Waals surface area contributed by atoms with Gasteiger partial charge in [-0.05, 0) is 32.9 Å². The second-order valence-corrected chi connectivity index (χ2v) is 4.64. The minimum atomic E-state index is -0.638. The molecule has 0 unspecified atom stereocenters. The Morgan fingerprint density at radius 2 is 1.94 bits per heavy atom. The highest BCUT2D eigenvalue weighted by Crippen LogP contribution is 2.31. The number of carbonyl (C=O) groups excluding carboxylic acids is 2. The second-order valence-electron chi connectivity index (χ2n) is 4.64. The van der Waals surface area contributed by atoms with Crippen molar-refractivity contribution in [2.24, 2.45) is 5.41 Å². The number of rotatable bonds is 3. The van der Waals surface area contributed by atoms with Crippen molar-refractivity contribution in [3.8, 4) is 11.5 Å². The van der Waals surface area contributed by atoms with E-state index >= 15 is 0 Å². The van der Waals surface area contributed by atoms with Crippen molar-refractivity contribution >= 4 is 12.3 Å². The maximum Gasteiger partial charge on any atom is 0.316 e. The van der Waals surface area contributed by atoms with E-state index < -0.39 is 11.4 Å².